The number of rotatable bonds is 6. The summed E-state index contributed by atoms with van der Waals surface area (Å²) in [6, 6.07) is 3.53. The lowest BCUT2D eigenvalue weighted by Gasteiger charge is -2.29. The first-order valence-electron chi connectivity index (χ1n) is 7.39. The molecule has 0 saturated carbocycles. The monoisotopic (exact) mass is 293 g/mol. The third-order valence-electron chi connectivity index (χ3n) is 3.31. The third-order valence-corrected chi connectivity index (χ3v) is 3.31. The van der Waals surface area contributed by atoms with Gasteiger partial charge < -0.3 is 14.8 Å². The summed E-state index contributed by atoms with van der Waals surface area (Å²) < 4.78 is 10.7. The van der Waals surface area contributed by atoms with E-state index in [1.807, 2.05) is 13.8 Å². The molecule has 116 valence electrons. The Morgan fingerprint density at radius 2 is 2.29 bits per heavy atom. The van der Waals surface area contributed by atoms with Gasteiger partial charge in [0.05, 0.1) is 19.8 Å². The van der Waals surface area contributed by atoms with Crippen molar-refractivity contribution in [1.82, 2.24) is 15.2 Å². The molecule has 0 radical (unpaired) electrons. The molecule has 2 heterocycles. The normalized spacial score (nSPS) is 17.2. The van der Waals surface area contributed by atoms with Crippen LogP contribution in [-0.2, 0) is 4.74 Å². The maximum atomic E-state index is 12.3. The summed E-state index contributed by atoms with van der Waals surface area (Å²) in [4.78, 5) is 18.7. The number of aromatic nitrogens is 1. The van der Waals surface area contributed by atoms with E-state index >= 15 is 0 Å². The Balaban J connectivity index is 1.91. The number of nitrogens with zero attached hydrogens (tertiary/aromatic N) is 2. The minimum absolute atomic E-state index is 0.0604. The predicted molar refractivity (Wildman–Crippen MR) is 79.6 cm³/mol. The van der Waals surface area contributed by atoms with E-state index in [9.17, 15) is 4.79 Å². The maximum absolute atomic E-state index is 12.3. The van der Waals surface area contributed by atoms with E-state index in [1.165, 1.54) is 0 Å². The molecular formula is C15H23N3O3. The lowest BCUT2D eigenvalue weighted by Crippen LogP contribution is -2.46. The maximum Gasteiger partial charge on any atom is 0.257 e. The first-order chi connectivity index (χ1) is 10.2. The molecule has 1 fully saturated rings. The highest BCUT2D eigenvalue weighted by Crippen LogP contribution is 2.14. The number of hydrogen-bond donors (Lipinski definition) is 1. The number of pyridine rings is 1. The van der Waals surface area contributed by atoms with Crippen molar-refractivity contribution in [2.45, 2.75) is 19.9 Å². The fourth-order valence-electron chi connectivity index (χ4n) is 2.33. The second-order valence-electron chi connectivity index (χ2n) is 5.08. The summed E-state index contributed by atoms with van der Waals surface area (Å²) in [6.07, 6.45) is 1.62. The quantitative estimate of drug-likeness (QED) is 0.845. The van der Waals surface area contributed by atoms with Crippen LogP contribution in [0.5, 0.6) is 5.88 Å². The Morgan fingerprint density at radius 3 is 3.00 bits per heavy atom. The van der Waals surface area contributed by atoms with Crippen LogP contribution in [0, 0.1) is 0 Å². The van der Waals surface area contributed by atoms with Crippen LogP contribution in [-0.4, -0.2) is 61.3 Å². The van der Waals surface area contributed by atoms with Crippen LogP contribution in [0.3, 0.4) is 0 Å². The fourth-order valence-corrected chi connectivity index (χ4v) is 2.33. The van der Waals surface area contributed by atoms with Crippen molar-refractivity contribution in [2.75, 3.05) is 39.5 Å². The summed E-state index contributed by atoms with van der Waals surface area (Å²) in [5.41, 5.74) is 0.480. The number of ether oxygens (including phenoxy) is 2. The molecule has 2 rings (SSSR count). The van der Waals surface area contributed by atoms with Crippen molar-refractivity contribution in [3.63, 3.8) is 0 Å². The van der Waals surface area contributed by atoms with Crippen molar-refractivity contribution in [3.8, 4) is 5.88 Å². The minimum Gasteiger partial charge on any atom is -0.477 e. The molecule has 1 saturated heterocycles. The summed E-state index contributed by atoms with van der Waals surface area (Å²) >= 11 is 0. The van der Waals surface area contributed by atoms with Gasteiger partial charge in [0.1, 0.15) is 5.56 Å². The molecular weight excluding hydrogens is 270 g/mol. The number of amides is 1. The van der Waals surface area contributed by atoms with Crippen LogP contribution in [0.2, 0.25) is 0 Å². The van der Waals surface area contributed by atoms with Gasteiger partial charge in [-0.1, -0.05) is 0 Å². The lowest BCUT2D eigenvalue weighted by atomic mass is 10.2. The van der Waals surface area contributed by atoms with Gasteiger partial charge in [0.2, 0.25) is 5.88 Å². The van der Waals surface area contributed by atoms with Crippen LogP contribution in [0.25, 0.3) is 0 Å². The summed E-state index contributed by atoms with van der Waals surface area (Å²) in [7, 11) is 0. The van der Waals surface area contributed by atoms with Crippen LogP contribution >= 0.6 is 0 Å². The van der Waals surface area contributed by atoms with Crippen molar-refractivity contribution in [2.24, 2.45) is 0 Å². The Bertz CT molecular complexity index is 461. The molecule has 1 aliphatic heterocycles. The van der Waals surface area contributed by atoms with E-state index in [2.05, 4.69) is 15.2 Å². The highest BCUT2D eigenvalue weighted by atomic mass is 16.5. The molecule has 0 spiro atoms. The number of morpholine rings is 1. The molecule has 1 aromatic rings. The zero-order valence-corrected chi connectivity index (χ0v) is 12.7. The lowest BCUT2D eigenvalue weighted by molar-refractivity contribution is 0.0342. The second kappa shape index (κ2) is 7.95. The highest BCUT2D eigenvalue weighted by molar-refractivity contribution is 5.96. The Kier molecular flexibility index (Phi) is 5.95. The number of nitrogens with one attached hydrogen (secondary N) is 1. The predicted octanol–water partition coefficient (Wildman–Crippen LogP) is 0.931. The van der Waals surface area contributed by atoms with Crippen molar-refractivity contribution >= 4 is 5.91 Å². The molecule has 6 nitrogen and oxygen atoms in total. The van der Waals surface area contributed by atoms with Gasteiger partial charge in [0.15, 0.2) is 0 Å². The Morgan fingerprint density at radius 1 is 1.52 bits per heavy atom. The van der Waals surface area contributed by atoms with Gasteiger partial charge >= 0.3 is 0 Å². The number of hydrogen-bond acceptors (Lipinski definition) is 5. The van der Waals surface area contributed by atoms with Gasteiger partial charge in [-0.05, 0) is 26.0 Å². The third kappa shape index (κ3) is 4.68. The molecule has 1 aromatic heterocycles. The van der Waals surface area contributed by atoms with Gasteiger partial charge in [-0.25, -0.2) is 4.98 Å². The van der Waals surface area contributed by atoms with E-state index in [1.54, 1.807) is 18.3 Å². The van der Waals surface area contributed by atoms with Gasteiger partial charge in [0.25, 0.3) is 5.91 Å². The van der Waals surface area contributed by atoms with Crippen LogP contribution in [0.15, 0.2) is 18.3 Å². The Labute approximate surface area is 125 Å². The van der Waals surface area contributed by atoms with Gasteiger partial charge in [0, 0.05) is 31.9 Å². The largest absolute Gasteiger partial charge is 0.477 e. The average Bonchev–Trinajstić information content (AvgIpc) is 2.49. The molecule has 1 atom stereocenters. The SMILES string of the molecule is CCOc1ncccc1C(=O)N[C@@H](C)CN1CCOCC1. The highest BCUT2D eigenvalue weighted by Gasteiger charge is 2.18. The molecule has 1 amide bonds. The van der Waals surface area contributed by atoms with E-state index < -0.39 is 0 Å². The molecule has 0 aromatic carbocycles. The molecule has 0 unspecified atom stereocenters. The van der Waals surface area contributed by atoms with Gasteiger partial charge in [-0.3, -0.25) is 9.69 Å². The molecule has 0 aliphatic carbocycles. The average molecular weight is 293 g/mol. The summed E-state index contributed by atoms with van der Waals surface area (Å²) in [5, 5.41) is 3.00. The zero-order valence-electron chi connectivity index (χ0n) is 12.7. The smallest absolute Gasteiger partial charge is 0.257 e. The standard InChI is InChI=1S/C15H23N3O3/c1-3-21-15-13(5-4-6-16-15)14(19)17-12(2)11-18-7-9-20-10-8-18/h4-6,12H,3,7-11H2,1-2H3,(H,17,19)/t12-/m0/s1. The minimum atomic E-state index is -0.146. The second-order valence-corrected chi connectivity index (χ2v) is 5.08. The number of carbonyl (C=O) groups excluding carboxylic acids is 1. The van der Waals surface area contributed by atoms with Gasteiger partial charge in [-0.2, -0.15) is 0 Å². The van der Waals surface area contributed by atoms with E-state index in [-0.39, 0.29) is 11.9 Å². The molecule has 1 N–H and O–H groups in total. The van der Waals surface area contributed by atoms with Crippen molar-refractivity contribution in [3.05, 3.63) is 23.9 Å². The molecule has 6 heteroatoms. The summed E-state index contributed by atoms with van der Waals surface area (Å²) in [6.45, 7) is 8.53. The zero-order chi connectivity index (χ0) is 15.1. The van der Waals surface area contributed by atoms with Crippen molar-refractivity contribution < 1.29 is 14.3 Å². The molecule has 21 heavy (non-hydrogen) atoms. The van der Waals surface area contributed by atoms with Gasteiger partial charge in [-0.15, -0.1) is 0 Å². The van der Waals surface area contributed by atoms with Crippen molar-refractivity contribution in [1.29, 1.82) is 0 Å². The molecule has 0 bridgehead atoms. The fraction of sp³-hybridized carbons (Fsp3) is 0.600. The first kappa shape index (κ1) is 15.7. The van der Waals surface area contributed by atoms with E-state index in [0.29, 0.717) is 18.1 Å². The number of carbonyl (C=O) groups is 1. The van der Waals surface area contributed by atoms with Crippen LogP contribution < -0.4 is 10.1 Å². The van der Waals surface area contributed by atoms with E-state index in [0.717, 1.165) is 32.8 Å². The Hall–Kier alpha value is -1.66. The first-order valence-corrected chi connectivity index (χ1v) is 7.39. The summed E-state index contributed by atoms with van der Waals surface area (Å²) in [5.74, 6) is 0.239. The molecule has 1 aliphatic rings. The van der Waals surface area contributed by atoms with Crippen LogP contribution in [0.4, 0.5) is 0 Å². The topological polar surface area (TPSA) is 63.7 Å². The van der Waals surface area contributed by atoms with E-state index in [4.69, 9.17) is 9.47 Å². The van der Waals surface area contributed by atoms with Crippen LogP contribution in [0.1, 0.15) is 24.2 Å².